The van der Waals surface area contributed by atoms with Gasteiger partial charge in [-0.1, -0.05) is 23.7 Å². The van der Waals surface area contributed by atoms with Gasteiger partial charge in [0.15, 0.2) is 5.75 Å². The Morgan fingerprint density at radius 1 is 1.22 bits per heavy atom. The van der Waals surface area contributed by atoms with Crippen molar-refractivity contribution in [2.75, 3.05) is 11.1 Å². The van der Waals surface area contributed by atoms with Crippen molar-refractivity contribution in [2.24, 2.45) is 5.73 Å². The van der Waals surface area contributed by atoms with Gasteiger partial charge in [-0.3, -0.25) is 4.79 Å². The fraction of sp³-hybridized carbons (Fsp3) is 0.105. The fourth-order valence-corrected chi connectivity index (χ4v) is 2.60. The average Bonchev–Trinajstić information content (AvgIpc) is 2.65. The molecule has 0 atom stereocenters. The Hall–Kier alpha value is -3.32. The molecule has 1 amide bonds. The second-order valence-corrected chi connectivity index (χ2v) is 6.27. The molecule has 0 saturated carbocycles. The summed E-state index contributed by atoms with van der Waals surface area (Å²) in [7, 11) is 0. The van der Waals surface area contributed by atoms with E-state index in [0.29, 0.717) is 33.5 Å². The largest absolute Gasteiger partial charge is 0.486 e. The van der Waals surface area contributed by atoms with Gasteiger partial charge in [0, 0.05) is 16.1 Å². The summed E-state index contributed by atoms with van der Waals surface area (Å²) in [5.74, 6) is 0.332. The molecule has 2 aromatic carbocycles. The van der Waals surface area contributed by atoms with Gasteiger partial charge in [0.25, 0.3) is 0 Å². The lowest BCUT2D eigenvalue weighted by molar-refractivity contribution is 0.1000. The van der Waals surface area contributed by atoms with E-state index in [1.165, 1.54) is 12.4 Å². The number of halogens is 1. The van der Waals surface area contributed by atoms with Gasteiger partial charge in [0.05, 0.1) is 23.8 Å². The minimum atomic E-state index is -0.526. The zero-order chi connectivity index (χ0) is 19.4. The van der Waals surface area contributed by atoms with E-state index >= 15 is 0 Å². The van der Waals surface area contributed by atoms with Crippen LogP contribution in [0.1, 0.15) is 21.5 Å². The quantitative estimate of drug-likeness (QED) is 0.561. The van der Waals surface area contributed by atoms with Crippen LogP contribution in [0.2, 0.25) is 5.02 Å². The van der Waals surface area contributed by atoms with Crippen molar-refractivity contribution in [1.29, 1.82) is 0 Å². The van der Waals surface area contributed by atoms with Gasteiger partial charge >= 0.3 is 0 Å². The molecule has 138 valence electrons. The summed E-state index contributed by atoms with van der Waals surface area (Å²) in [4.78, 5) is 19.7. The Labute approximate surface area is 161 Å². The summed E-state index contributed by atoms with van der Waals surface area (Å²) in [5, 5.41) is 3.58. The zero-order valence-corrected chi connectivity index (χ0v) is 15.3. The first kappa shape index (κ1) is 18.5. The van der Waals surface area contributed by atoms with Crippen molar-refractivity contribution >= 4 is 34.8 Å². The zero-order valence-electron chi connectivity index (χ0n) is 14.6. The molecule has 8 heteroatoms. The van der Waals surface area contributed by atoms with E-state index in [1.807, 2.05) is 19.1 Å². The topological polar surface area (TPSA) is 116 Å². The highest BCUT2D eigenvalue weighted by molar-refractivity contribution is 6.31. The van der Waals surface area contributed by atoms with Crippen LogP contribution in [0, 0.1) is 6.92 Å². The molecule has 27 heavy (non-hydrogen) atoms. The van der Waals surface area contributed by atoms with Crippen molar-refractivity contribution in [1.82, 2.24) is 9.97 Å². The molecule has 0 aliphatic carbocycles. The van der Waals surface area contributed by atoms with Gasteiger partial charge < -0.3 is 21.5 Å². The summed E-state index contributed by atoms with van der Waals surface area (Å²) in [6, 6.07) is 10.4. The predicted octanol–water partition coefficient (Wildman–Crippen LogP) is 3.44. The summed E-state index contributed by atoms with van der Waals surface area (Å²) in [6.07, 6.45) is 3.07. The number of para-hydroxylation sites is 1. The number of amides is 1. The van der Waals surface area contributed by atoms with Crippen molar-refractivity contribution in [3.63, 3.8) is 0 Å². The number of hydrogen-bond acceptors (Lipinski definition) is 6. The maximum Gasteiger partial charge on any atom is 0.248 e. The minimum absolute atomic E-state index is 0.154. The van der Waals surface area contributed by atoms with Crippen LogP contribution in [-0.4, -0.2) is 15.9 Å². The molecule has 3 aromatic rings. The highest BCUT2D eigenvalue weighted by Crippen LogP contribution is 2.25. The van der Waals surface area contributed by atoms with Gasteiger partial charge in [-0.2, -0.15) is 0 Å². The lowest BCUT2D eigenvalue weighted by Crippen LogP contribution is -2.11. The number of ether oxygens (including phenoxy) is 1. The summed E-state index contributed by atoms with van der Waals surface area (Å²) < 4.78 is 5.65. The maximum absolute atomic E-state index is 11.3. The van der Waals surface area contributed by atoms with Crippen LogP contribution < -0.4 is 21.5 Å². The first-order chi connectivity index (χ1) is 12.9. The lowest BCUT2D eigenvalue weighted by atomic mass is 10.1. The Kier molecular flexibility index (Phi) is 5.42. The second-order valence-electron chi connectivity index (χ2n) is 5.87. The number of nitrogens with two attached hydrogens (primary N) is 2. The molecule has 0 radical (unpaired) electrons. The van der Waals surface area contributed by atoms with Crippen LogP contribution in [0.25, 0.3) is 0 Å². The molecule has 0 saturated heterocycles. The molecule has 0 aliphatic heterocycles. The summed E-state index contributed by atoms with van der Waals surface area (Å²) in [6.45, 7) is 2.10. The summed E-state index contributed by atoms with van der Waals surface area (Å²) in [5.41, 5.74) is 14.6. The van der Waals surface area contributed by atoms with Crippen LogP contribution >= 0.6 is 11.6 Å². The van der Waals surface area contributed by atoms with E-state index in [2.05, 4.69) is 15.3 Å². The Balaban J connectivity index is 1.68. The molecule has 0 aliphatic rings. The second kappa shape index (κ2) is 7.92. The third-order valence-electron chi connectivity index (χ3n) is 3.89. The van der Waals surface area contributed by atoms with Gasteiger partial charge in [0.2, 0.25) is 11.9 Å². The number of hydrogen-bond donors (Lipinski definition) is 3. The number of benzene rings is 2. The van der Waals surface area contributed by atoms with E-state index in [0.717, 1.165) is 11.3 Å². The lowest BCUT2D eigenvalue weighted by Gasteiger charge is -2.12. The fourth-order valence-electron chi connectivity index (χ4n) is 2.43. The SMILES string of the molecule is Cc1cccc(N)c1Nc1ncc(OCc2cc(C(N)=O)ccc2Cl)cn1. The molecule has 7 nitrogen and oxygen atoms in total. The smallest absolute Gasteiger partial charge is 0.248 e. The Morgan fingerprint density at radius 3 is 2.63 bits per heavy atom. The van der Waals surface area contributed by atoms with Gasteiger partial charge in [-0.25, -0.2) is 9.97 Å². The number of anilines is 3. The molecular formula is C19H18ClN5O2. The van der Waals surface area contributed by atoms with Crippen molar-refractivity contribution in [2.45, 2.75) is 13.5 Å². The number of aromatic nitrogens is 2. The van der Waals surface area contributed by atoms with Crippen LogP contribution in [0.3, 0.4) is 0 Å². The van der Waals surface area contributed by atoms with Crippen molar-refractivity contribution < 1.29 is 9.53 Å². The predicted molar refractivity (Wildman–Crippen MR) is 105 cm³/mol. The van der Waals surface area contributed by atoms with E-state index in [4.69, 9.17) is 27.8 Å². The molecular weight excluding hydrogens is 366 g/mol. The molecule has 0 unspecified atom stereocenters. The van der Waals surface area contributed by atoms with E-state index in [1.54, 1.807) is 24.3 Å². The number of nitrogen functional groups attached to an aromatic ring is 1. The first-order valence-electron chi connectivity index (χ1n) is 8.09. The molecule has 3 rings (SSSR count). The minimum Gasteiger partial charge on any atom is -0.486 e. The number of nitrogens with zero attached hydrogens (tertiary/aromatic N) is 2. The average molecular weight is 384 g/mol. The molecule has 5 N–H and O–H groups in total. The number of aryl methyl sites for hydroxylation is 1. The molecule has 0 bridgehead atoms. The van der Waals surface area contributed by atoms with Gasteiger partial charge in [-0.15, -0.1) is 0 Å². The van der Waals surface area contributed by atoms with Crippen LogP contribution in [0.15, 0.2) is 48.8 Å². The third kappa shape index (κ3) is 4.45. The number of carbonyl (C=O) groups excluding carboxylic acids is 1. The highest BCUT2D eigenvalue weighted by Gasteiger charge is 2.08. The number of carbonyl (C=O) groups is 1. The molecule has 1 heterocycles. The van der Waals surface area contributed by atoms with Crippen LogP contribution in [0.5, 0.6) is 5.75 Å². The molecule has 1 aromatic heterocycles. The van der Waals surface area contributed by atoms with E-state index < -0.39 is 5.91 Å². The summed E-state index contributed by atoms with van der Waals surface area (Å²) >= 11 is 6.13. The Morgan fingerprint density at radius 2 is 1.96 bits per heavy atom. The van der Waals surface area contributed by atoms with Crippen LogP contribution in [0.4, 0.5) is 17.3 Å². The van der Waals surface area contributed by atoms with Crippen molar-refractivity contribution in [3.05, 3.63) is 70.5 Å². The van der Waals surface area contributed by atoms with Gasteiger partial charge in [-0.05, 0) is 36.8 Å². The maximum atomic E-state index is 11.3. The standard InChI is InChI=1S/C19H18ClN5O2/c1-11-3-2-4-16(21)17(11)25-19-23-8-14(9-24-19)27-10-13-7-12(18(22)26)5-6-15(13)20/h2-9H,10,21H2,1H3,(H2,22,26)(H,23,24,25). The Bertz CT molecular complexity index is 956. The molecule has 0 spiro atoms. The van der Waals surface area contributed by atoms with Crippen LogP contribution in [-0.2, 0) is 6.61 Å². The van der Waals surface area contributed by atoms with E-state index in [9.17, 15) is 4.79 Å². The number of primary amides is 1. The van der Waals surface area contributed by atoms with Gasteiger partial charge in [0.1, 0.15) is 6.61 Å². The number of nitrogens with one attached hydrogen (secondary N) is 1. The first-order valence-corrected chi connectivity index (χ1v) is 8.47. The normalized spacial score (nSPS) is 10.4. The monoisotopic (exact) mass is 383 g/mol. The van der Waals surface area contributed by atoms with Crippen molar-refractivity contribution in [3.8, 4) is 5.75 Å². The molecule has 0 fully saturated rings. The number of rotatable bonds is 6. The third-order valence-corrected chi connectivity index (χ3v) is 4.26. The van der Waals surface area contributed by atoms with E-state index in [-0.39, 0.29) is 6.61 Å². The highest BCUT2D eigenvalue weighted by atomic mass is 35.5.